The first kappa shape index (κ1) is 20.8. The minimum absolute atomic E-state index is 0.0824. The average Bonchev–Trinajstić information content (AvgIpc) is 2.95. The molecule has 8 heteroatoms. The Bertz CT molecular complexity index is 1210. The molecule has 0 aliphatic rings. The van der Waals surface area contributed by atoms with E-state index >= 15 is 0 Å². The molecule has 28 heavy (non-hydrogen) atoms. The fraction of sp³-hybridized carbons (Fsp3) is 0.300. The SMILES string of the molecule is Cc1ccc2sc(=NC(=O)CCCS(=O)(=O)c3ccc(Cl)cc3)n(C)c2c1C. The van der Waals surface area contributed by atoms with E-state index in [9.17, 15) is 13.2 Å². The van der Waals surface area contributed by atoms with Gasteiger partial charge in [0.25, 0.3) is 0 Å². The van der Waals surface area contributed by atoms with Gasteiger partial charge in [-0.3, -0.25) is 4.79 Å². The molecule has 0 saturated carbocycles. The molecule has 0 atom stereocenters. The van der Waals surface area contributed by atoms with Gasteiger partial charge in [-0.2, -0.15) is 4.99 Å². The van der Waals surface area contributed by atoms with E-state index in [0.29, 0.717) is 9.82 Å². The molecule has 0 N–H and O–H groups in total. The van der Waals surface area contributed by atoms with E-state index < -0.39 is 9.84 Å². The summed E-state index contributed by atoms with van der Waals surface area (Å²) in [5.74, 6) is -0.421. The van der Waals surface area contributed by atoms with Gasteiger partial charge in [0, 0.05) is 18.5 Å². The Morgan fingerprint density at radius 3 is 2.50 bits per heavy atom. The van der Waals surface area contributed by atoms with Crippen molar-refractivity contribution >= 4 is 48.9 Å². The van der Waals surface area contributed by atoms with Gasteiger partial charge < -0.3 is 4.57 Å². The standard InChI is InChI=1S/C20H21ClN2O3S2/c1-13-6-11-17-19(14(13)2)23(3)20(27-17)22-18(24)5-4-12-28(25,26)16-9-7-15(21)8-10-16/h6-11H,4-5,12H2,1-3H3. The fourth-order valence-electron chi connectivity index (χ4n) is 2.97. The molecule has 0 unspecified atom stereocenters. The first-order chi connectivity index (χ1) is 13.2. The van der Waals surface area contributed by atoms with Crippen molar-refractivity contribution in [1.29, 1.82) is 0 Å². The van der Waals surface area contributed by atoms with Crippen molar-refractivity contribution in [2.24, 2.45) is 12.0 Å². The van der Waals surface area contributed by atoms with Crippen LogP contribution in [0.5, 0.6) is 0 Å². The Hall–Kier alpha value is -1.96. The van der Waals surface area contributed by atoms with Crippen LogP contribution in [-0.2, 0) is 21.7 Å². The van der Waals surface area contributed by atoms with Crippen LogP contribution in [0.25, 0.3) is 10.2 Å². The van der Waals surface area contributed by atoms with Gasteiger partial charge in [-0.25, -0.2) is 8.42 Å². The summed E-state index contributed by atoms with van der Waals surface area (Å²) >= 11 is 7.25. The molecular formula is C20H21ClN2O3S2. The number of halogens is 1. The number of aryl methyl sites for hydroxylation is 3. The number of thiazole rings is 1. The molecule has 5 nitrogen and oxygen atoms in total. The Morgan fingerprint density at radius 2 is 1.82 bits per heavy atom. The van der Waals surface area contributed by atoms with Crippen LogP contribution in [0.4, 0.5) is 0 Å². The number of nitrogens with zero attached hydrogens (tertiary/aromatic N) is 2. The quantitative estimate of drug-likeness (QED) is 0.602. The summed E-state index contributed by atoms with van der Waals surface area (Å²) in [6.45, 7) is 4.10. The molecular weight excluding hydrogens is 416 g/mol. The van der Waals surface area contributed by atoms with Gasteiger partial charge >= 0.3 is 0 Å². The highest BCUT2D eigenvalue weighted by Gasteiger charge is 2.15. The van der Waals surface area contributed by atoms with E-state index in [1.807, 2.05) is 17.7 Å². The molecule has 148 valence electrons. The Labute approximate surface area is 173 Å². The number of carbonyl (C=O) groups excluding carboxylic acids is 1. The predicted molar refractivity (Wildman–Crippen MR) is 114 cm³/mol. The normalized spacial score (nSPS) is 12.6. The molecule has 0 saturated heterocycles. The van der Waals surface area contributed by atoms with Crippen LogP contribution in [0.1, 0.15) is 24.0 Å². The van der Waals surface area contributed by atoms with Crippen LogP contribution < -0.4 is 4.80 Å². The van der Waals surface area contributed by atoms with Crippen LogP contribution in [0.2, 0.25) is 5.02 Å². The van der Waals surface area contributed by atoms with Gasteiger partial charge in [0.2, 0.25) is 5.91 Å². The van der Waals surface area contributed by atoms with E-state index in [1.54, 1.807) is 12.1 Å². The summed E-state index contributed by atoms with van der Waals surface area (Å²) < 4.78 is 27.7. The molecule has 2 aromatic carbocycles. The number of carbonyl (C=O) groups is 1. The first-order valence-corrected chi connectivity index (χ1v) is 11.7. The smallest absolute Gasteiger partial charge is 0.248 e. The lowest BCUT2D eigenvalue weighted by atomic mass is 10.1. The lowest BCUT2D eigenvalue weighted by Gasteiger charge is -2.04. The van der Waals surface area contributed by atoms with Crippen molar-refractivity contribution in [3.63, 3.8) is 0 Å². The molecule has 1 heterocycles. The third-order valence-corrected chi connectivity index (χ3v) is 7.85. The molecule has 3 rings (SSSR count). The van der Waals surface area contributed by atoms with E-state index in [2.05, 4.69) is 24.9 Å². The molecule has 1 aromatic heterocycles. The molecule has 0 spiro atoms. The number of fused-ring (bicyclic) bond motifs is 1. The zero-order chi connectivity index (χ0) is 20.5. The summed E-state index contributed by atoms with van der Waals surface area (Å²) in [4.78, 5) is 17.3. The van der Waals surface area contributed by atoms with Crippen LogP contribution in [0, 0.1) is 13.8 Å². The van der Waals surface area contributed by atoms with Crippen molar-refractivity contribution in [2.45, 2.75) is 31.6 Å². The fourth-order valence-corrected chi connectivity index (χ4v) is 5.50. The van der Waals surface area contributed by atoms with E-state index in [1.165, 1.54) is 34.6 Å². The summed E-state index contributed by atoms with van der Waals surface area (Å²) in [6.07, 6.45) is 0.305. The second-order valence-electron chi connectivity index (χ2n) is 6.68. The third kappa shape index (κ3) is 4.37. The van der Waals surface area contributed by atoms with Crippen LogP contribution in [0.3, 0.4) is 0 Å². The largest absolute Gasteiger partial charge is 0.319 e. The minimum Gasteiger partial charge on any atom is -0.319 e. The highest BCUT2D eigenvalue weighted by Crippen LogP contribution is 2.23. The van der Waals surface area contributed by atoms with Gasteiger partial charge in [-0.15, -0.1) is 0 Å². The predicted octanol–water partition coefficient (Wildman–Crippen LogP) is 4.19. The van der Waals surface area contributed by atoms with Crippen molar-refractivity contribution in [3.8, 4) is 0 Å². The topological polar surface area (TPSA) is 68.5 Å². The Morgan fingerprint density at radius 1 is 1.14 bits per heavy atom. The number of aromatic nitrogens is 1. The summed E-state index contributed by atoms with van der Waals surface area (Å²) in [5, 5.41) is 0.481. The van der Waals surface area contributed by atoms with Crippen molar-refractivity contribution in [1.82, 2.24) is 4.57 Å². The summed E-state index contributed by atoms with van der Waals surface area (Å²) in [5.41, 5.74) is 3.42. The number of rotatable bonds is 5. The van der Waals surface area contributed by atoms with Crippen LogP contribution in [0.15, 0.2) is 46.3 Å². The van der Waals surface area contributed by atoms with Gasteiger partial charge in [0.05, 0.1) is 20.9 Å². The van der Waals surface area contributed by atoms with Crippen LogP contribution in [-0.4, -0.2) is 24.6 Å². The zero-order valence-corrected chi connectivity index (χ0v) is 18.3. The van der Waals surface area contributed by atoms with Crippen molar-refractivity contribution in [2.75, 3.05) is 5.75 Å². The third-order valence-electron chi connectivity index (χ3n) is 4.69. The van der Waals surface area contributed by atoms with E-state index in [0.717, 1.165) is 10.2 Å². The van der Waals surface area contributed by atoms with Gasteiger partial charge in [-0.05, 0) is 61.7 Å². The Kier molecular flexibility index (Phi) is 6.07. The lowest BCUT2D eigenvalue weighted by molar-refractivity contribution is -0.118. The lowest BCUT2D eigenvalue weighted by Crippen LogP contribution is -2.14. The summed E-state index contributed by atoms with van der Waals surface area (Å²) in [7, 11) is -1.55. The van der Waals surface area contributed by atoms with Gasteiger partial charge in [-0.1, -0.05) is 29.0 Å². The maximum atomic E-state index is 12.3. The van der Waals surface area contributed by atoms with Gasteiger partial charge in [0.1, 0.15) is 0 Å². The molecule has 0 aliphatic carbocycles. The second-order valence-corrected chi connectivity index (χ2v) is 10.2. The van der Waals surface area contributed by atoms with Crippen LogP contribution >= 0.6 is 22.9 Å². The van der Waals surface area contributed by atoms with Crippen molar-refractivity contribution in [3.05, 3.63) is 57.3 Å². The number of benzene rings is 2. The molecule has 0 fully saturated rings. The Balaban J connectivity index is 1.72. The highest BCUT2D eigenvalue weighted by atomic mass is 35.5. The van der Waals surface area contributed by atoms with Gasteiger partial charge in [0.15, 0.2) is 14.6 Å². The molecule has 0 radical (unpaired) electrons. The molecule has 0 bridgehead atoms. The number of amides is 1. The second kappa shape index (κ2) is 8.19. The molecule has 0 aliphatic heterocycles. The molecule has 3 aromatic rings. The first-order valence-electron chi connectivity index (χ1n) is 8.80. The average molecular weight is 437 g/mol. The monoisotopic (exact) mass is 436 g/mol. The highest BCUT2D eigenvalue weighted by molar-refractivity contribution is 7.91. The zero-order valence-electron chi connectivity index (χ0n) is 15.9. The van der Waals surface area contributed by atoms with E-state index in [-0.39, 0.29) is 29.4 Å². The molecule has 1 amide bonds. The maximum absolute atomic E-state index is 12.3. The summed E-state index contributed by atoms with van der Waals surface area (Å²) in [6, 6.07) is 10.1. The number of hydrogen-bond donors (Lipinski definition) is 0. The maximum Gasteiger partial charge on any atom is 0.248 e. The minimum atomic E-state index is -3.44. The van der Waals surface area contributed by atoms with Crippen molar-refractivity contribution < 1.29 is 13.2 Å². The number of hydrogen-bond acceptors (Lipinski definition) is 4. The number of sulfone groups is 1. The van der Waals surface area contributed by atoms with E-state index in [4.69, 9.17) is 11.6 Å².